The molecule has 0 radical (unpaired) electrons. The second-order valence-corrected chi connectivity index (χ2v) is 13.0. The Kier molecular flexibility index (Phi) is 8.63. The highest BCUT2D eigenvalue weighted by Gasteiger charge is 2.63. The molecular formula is C24H32F3NO8S. The summed E-state index contributed by atoms with van der Waals surface area (Å²) in [7, 11) is -4.22. The van der Waals surface area contributed by atoms with Crippen molar-refractivity contribution in [1.82, 2.24) is 5.32 Å². The maximum absolute atomic E-state index is 14.1. The Morgan fingerprint density at radius 2 is 1.57 bits per heavy atom. The van der Waals surface area contributed by atoms with E-state index in [-0.39, 0.29) is 5.56 Å². The lowest BCUT2D eigenvalue weighted by Crippen LogP contribution is -2.47. The molecule has 0 saturated carbocycles. The zero-order chi connectivity index (χ0) is 28.4. The van der Waals surface area contributed by atoms with Gasteiger partial charge in [-0.3, -0.25) is 0 Å². The number of alkyl carbamates (subject to hydrolysis) is 1. The van der Waals surface area contributed by atoms with Crippen LogP contribution in [0.25, 0.3) is 0 Å². The monoisotopic (exact) mass is 551 g/mol. The molecule has 1 aromatic carbocycles. The third kappa shape index (κ3) is 8.08. The summed E-state index contributed by atoms with van der Waals surface area (Å²) < 4.78 is 82.9. The first-order valence-corrected chi connectivity index (χ1v) is 13.3. The molecule has 1 aromatic rings. The van der Waals surface area contributed by atoms with Crippen molar-refractivity contribution in [3.8, 4) is 0 Å². The van der Waals surface area contributed by atoms with Crippen molar-refractivity contribution in [3.05, 3.63) is 35.4 Å². The van der Waals surface area contributed by atoms with E-state index in [1.807, 2.05) is 0 Å². The quantitative estimate of drug-likeness (QED) is 0.379. The van der Waals surface area contributed by atoms with Crippen LogP contribution < -0.4 is 5.32 Å². The van der Waals surface area contributed by atoms with Crippen molar-refractivity contribution >= 4 is 27.9 Å². The molecule has 1 aliphatic rings. The lowest BCUT2D eigenvalue weighted by atomic mass is 9.89. The van der Waals surface area contributed by atoms with Crippen molar-refractivity contribution in [2.24, 2.45) is 0 Å². The number of esters is 2. The van der Waals surface area contributed by atoms with Gasteiger partial charge in [0, 0.05) is 12.0 Å². The van der Waals surface area contributed by atoms with Crippen LogP contribution in [0.2, 0.25) is 0 Å². The minimum absolute atomic E-state index is 0.288. The summed E-state index contributed by atoms with van der Waals surface area (Å²) in [6, 6.07) is 3.48. The molecule has 0 bridgehead atoms. The van der Waals surface area contributed by atoms with Gasteiger partial charge in [0.25, 0.3) is 0 Å². The third-order valence-corrected chi connectivity index (χ3v) is 6.86. The van der Waals surface area contributed by atoms with Crippen molar-refractivity contribution in [3.63, 3.8) is 0 Å². The van der Waals surface area contributed by atoms with E-state index in [1.54, 1.807) is 41.5 Å². The van der Waals surface area contributed by atoms with Gasteiger partial charge >= 0.3 is 24.2 Å². The van der Waals surface area contributed by atoms with Gasteiger partial charge in [-0.05, 0) is 54.0 Å². The minimum atomic E-state index is -5.08. The van der Waals surface area contributed by atoms with E-state index in [9.17, 15) is 36.0 Å². The second-order valence-electron chi connectivity index (χ2n) is 10.7. The Hall–Kier alpha value is -2.83. The molecule has 1 aliphatic heterocycles. The largest absolute Gasteiger partial charge is 0.458 e. The smallest absolute Gasteiger partial charge is 0.432 e. The Morgan fingerprint density at radius 1 is 1.00 bits per heavy atom. The number of benzene rings is 1. The number of fused-ring (bicyclic) bond motifs is 1. The van der Waals surface area contributed by atoms with Gasteiger partial charge in [0.15, 0.2) is 9.84 Å². The van der Waals surface area contributed by atoms with Crippen LogP contribution in [-0.4, -0.2) is 61.4 Å². The van der Waals surface area contributed by atoms with Crippen LogP contribution in [0.15, 0.2) is 24.3 Å². The topological polar surface area (TPSA) is 125 Å². The first-order valence-electron chi connectivity index (χ1n) is 11.5. The van der Waals surface area contributed by atoms with Crippen LogP contribution in [0.1, 0.15) is 70.3 Å². The van der Waals surface area contributed by atoms with E-state index in [1.165, 1.54) is 18.2 Å². The molecule has 0 aliphatic carbocycles. The van der Waals surface area contributed by atoms with E-state index in [0.717, 1.165) is 6.07 Å². The number of halogens is 3. The number of hydrogen-bond acceptors (Lipinski definition) is 8. The number of sulfone groups is 1. The summed E-state index contributed by atoms with van der Waals surface area (Å²) in [4.78, 5) is 36.9. The first-order chi connectivity index (χ1) is 16.7. The third-order valence-electron chi connectivity index (χ3n) is 5.17. The Labute approximate surface area is 213 Å². The summed E-state index contributed by atoms with van der Waals surface area (Å²) in [6.07, 6.45) is -7.63. The normalized spacial score (nSPS) is 19.0. The van der Waals surface area contributed by atoms with Crippen molar-refractivity contribution < 1.29 is 50.2 Å². The fourth-order valence-electron chi connectivity index (χ4n) is 3.59. The number of amides is 1. The molecule has 13 heteroatoms. The predicted octanol–water partition coefficient (Wildman–Crippen LogP) is 4.04. The molecule has 9 nitrogen and oxygen atoms in total. The van der Waals surface area contributed by atoms with Gasteiger partial charge in [0.2, 0.25) is 5.60 Å². The standard InChI is InChI=1S/C24H32F3NO8S/c1-21(2,3)34-19(30)17(28-20(31)36-22(4,5)6)11-13-37(32,33)14-12-23(24(25,26)27)16-10-8-7-9-15(16)18(29)35-23/h7-10,17H,11-14H2,1-6H3,(H,28,31)/t17-,23?/m0/s1. The molecule has 0 fully saturated rings. The highest BCUT2D eigenvalue weighted by Crippen LogP contribution is 2.50. The van der Waals surface area contributed by atoms with E-state index >= 15 is 0 Å². The lowest BCUT2D eigenvalue weighted by molar-refractivity contribution is -0.261. The SMILES string of the molecule is CC(C)(C)OC(=O)N[C@@H](CCS(=O)(=O)CCC1(C(F)(F)F)OC(=O)c2ccccc21)C(=O)OC(C)(C)C. The predicted molar refractivity (Wildman–Crippen MR) is 126 cm³/mol. The number of cyclic esters (lactones) is 1. The molecule has 1 amide bonds. The number of carbonyl (C=O) groups excluding carboxylic acids is 3. The fourth-order valence-corrected chi connectivity index (χ4v) is 4.99. The first kappa shape index (κ1) is 30.4. The Balaban J connectivity index is 2.20. The summed E-state index contributed by atoms with van der Waals surface area (Å²) in [5.41, 5.74) is -5.73. The van der Waals surface area contributed by atoms with Crippen LogP contribution in [0.3, 0.4) is 0 Å². The van der Waals surface area contributed by atoms with Crippen LogP contribution >= 0.6 is 0 Å². The Morgan fingerprint density at radius 3 is 2.11 bits per heavy atom. The van der Waals surface area contributed by atoms with Crippen molar-refractivity contribution in [2.75, 3.05) is 11.5 Å². The number of nitrogens with one attached hydrogen (secondary N) is 1. The average Bonchev–Trinajstić information content (AvgIpc) is 3.00. The molecule has 0 spiro atoms. The summed E-state index contributed by atoms with van der Waals surface area (Å²) in [5, 5.41) is 2.27. The molecule has 0 saturated heterocycles. The number of hydrogen-bond donors (Lipinski definition) is 1. The average molecular weight is 552 g/mol. The number of rotatable bonds is 8. The number of carbonyl (C=O) groups is 3. The van der Waals surface area contributed by atoms with Gasteiger partial charge in [-0.1, -0.05) is 18.2 Å². The molecule has 2 atom stereocenters. The molecule has 1 N–H and O–H groups in total. The number of ether oxygens (including phenoxy) is 3. The lowest BCUT2D eigenvalue weighted by Gasteiger charge is -2.31. The van der Waals surface area contributed by atoms with E-state index in [0.29, 0.717) is 0 Å². The van der Waals surface area contributed by atoms with Crippen LogP contribution in [-0.2, 0) is 34.4 Å². The molecule has 2 rings (SSSR count). The van der Waals surface area contributed by atoms with Gasteiger partial charge in [-0.25, -0.2) is 22.8 Å². The van der Waals surface area contributed by atoms with Gasteiger partial charge in [-0.15, -0.1) is 0 Å². The van der Waals surface area contributed by atoms with Crippen LogP contribution in [0.4, 0.5) is 18.0 Å². The van der Waals surface area contributed by atoms with Crippen molar-refractivity contribution in [2.45, 2.75) is 83.4 Å². The maximum atomic E-state index is 14.1. The highest BCUT2D eigenvalue weighted by atomic mass is 32.2. The Bertz CT molecular complexity index is 1140. The maximum Gasteiger partial charge on any atom is 0.432 e. The van der Waals surface area contributed by atoms with Crippen LogP contribution in [0.5, 0.6) is 0 Å². The second kappa shape index (κ2) is 10.5. The summed E-state index contributed by atoms with van der Waals surface area (Å²) in [6.45, 7) is 9.48. The summed E-state index contributed by atoms with van der Waals surface area (Å²) in [5.74, 6) is -3.88. The van der Waals surface area contributed by atoms with Gasteiger partial charge in [0.05, 0.1) is 17.1 Å². The van der Waals surface area contributed by atoms with E-state index < -0.39 is 86.8 Å². The molecule has 208 valence electrons. The highest BCUT2D eigenvalue weighted by molar-refractivity contribution is 7.91. The fraction of sp³-hybridized carbons (Fsp3) is 0.625. The van der Waals surface area contributed by atoms with Gasteiger partial charge in [0.1, 0.15) is 17.2 Å². The molecule has 37 heavy (non-hydrogen) atoms. The zero-order valence-electron chi connectivity index (χ0n) is 21.5. The zero-order valence-corrected chi connectivity index (χ0v) is 22.3. The number of alkyl halides is 3. The molecule has 1 unspecified atom stereocenters. The molecule has 1 heterocycles. The van der Waals surface area contributed by atoms with E-state index in [4.69, 9.17) is 14.2 Å². The van der Waals surface area contributed by atoms with Crippen LogP contribution in [0, 0.1) is 0 Å². The summed E-state index contributed by atoms with van der Waals surface area (Å²) >= 11 is 0. The molecular weight excluding hydrogens is 519 g/mol. The van der Waals surface area contributed by atoms with Gasteiger partial charge in [-0.2, -0.15) is 13.2 Å². The van der Waals surface area contributed by atoms with Crippen molar-refractivity contribution in [1.29, 1.82) is 0 Å². The molecule has 0 aromatic heterocycles. The van der Waals surface area contributed by atoms with Gasteiger partial charge < -0.3 is 19.5 Å². The van der Waals surface area contributed by atoms with E-state index in [2.05, 4.69) is 5.32 Å². The minimum Gasteiger partial charge on any atom is -0.458 e.